The van der Waals surface area contributed by atoms with Gasteiger partial charge in [-0.25, -0.2) is 8.42 Å². The molecule has 0 fully saturated rings. The fourth-order valence-corrected chi connectivity index (χ4v) is 1.92. The first kappa shape index (κ1) is 14.5. The molecule has 0 bridgehead atoms. The number of benzene rings is 1. The topological polar surface area (TPSA) is 75.3 Å². The molecule has 0 atom stereocenters. The number of nitrogens with one attached hydrogen (secondary N) is 2. The fourth-order valence-electron chi connectivity index (χ4n) is 1.28. The zero-order valence-electron chi connectivity index (χ0n) is 10.6. The average Bonchev–Trinajstić information content (AvgIpc) is 2.36. The number of anilines is 1. The number of amides is 1. The number of rotatable bonds is 6. The van der Waals surface area contributed by atoms with Gasteiger partial charge in [0.25, 0.3) is 5.91 Å². The van der Waals surface area contributed by atoms with Crippen LogP contribution in [0.25, 0.3) is 0 Å². The molecule has 0 spiro atoms. The van der Waals surface area contributed by atoms with Crippen molar-refractivity contribution in [2.24, 2.45) is 0 Å². The van der Waals surface area contributed by atoms with Crippen molar-refractivity contribution in [1.82, 2.24) is 5.32 Å². The Labute approximate surface area is 108 Å². The smallest absolute Gasteiger partial charge is 0.251 e. The van der Waals surface area contributed by atoms with E-state index in [-0.39, 0.29) is 11.7 Å². The molecule has 1 amide bonds. The lowest BCUT2D eigenvalue weighted by atomic mass is 10.2. The summed E-state index contributed by atoms with van der Waals surface area (Å²) in [6, 6.07) is 6.35. The minimum Gasteiger partial charge on any atom is -0.352 e. The van der Waals surface area contributed by atoms with Gasteiger partial charge in [0.15, 0.2) is 0 Å². The molecule has 0 radical (unpaired) electrons. The van der Waals surface area contributed by atoms with Gasteiger partial charge in [-0.05, 0) is 37.6 Å². The van der Waals surface area contributed by atoms with Crippen molar-refractivity contribution in [2.45, 2.75) is 20.3 Å². The summed E-state index contributed by atoms with van der Waals surface area (Å²) < 4.78 is 25.1. The van der Waals surface area contributed by atoms with Gasteiger partial charge in [-0.1, -0.05) is 6.92 Å². The molecule has 0 saturated heterocycles. The minimum absolute atomic E-state index is 0.0196. The minimum atomic E-state index is -3.27. The van der Waals surface area contributed by atoms with E-state index in [2.05, 4.69) is 10.0 Å². The monoisotopic (exact) mass is 270 g/mol. The maximum absolute atomic E-state index is 11.6. The second kappa shape index (κ2) is 6.39. The highest BCUT2D eigenvalue weighted by atomic mass is 32.2. The van der Waals surface area contributed by atoms with Gasteiger partial charge in [-0.2, -0.15) is 0 Å². The third-order valence-electron chi connectivity index (χ3n) is 2.34. The molecule has 0 aromatic heterocycles. The van der Waals surface area contributed by atoms with Crippen LogP contribution in [0.15, 0.2) is 24.3 Å². The summed E-state index contributed by atoms with van der Waals surface area (Å²) in [4.78, 5) is 11.6. The van der Waals surface area contributed by atoms with Gasteiger partial charge < -0.3 is 5.32 Å². The van der Waals surface area contributed by atoms with Crippen LogP contribution in [0.4, 0.5) is 5.69 Å². The molecule has 0 unspecified atom stereocenters. The summed E-state index contributed by atoms with van der Waals surface area (Å²) in [6.07, 6.45) is 0.875. The molecule has 1 rings (SSSR count). The summed E-state index contributed by atoms with van der Waals surface area (Å²) in [5.41, 5.74) is 0.979. The van der Waals surface area contributed by atoms with Crippen LogP contribution in [0.5, 0.6) is 0 Å². The van der Waals surface area contributed by atoms with Crippen LogP contribution in [0.2, 0.25) is 0 Å². The van der Waals surface area contributed by atoms with Crippen molar-refractivity contribution in [3.63, 3.8) is 0 Å². The van der Waals surface area contributed by atoms with Gasteiger partial charge in [0.1, 0.15) is 0 Å². The maximum atomic E-state index is 11.6. The van der Waals surface area contributed by atoms with E-state index >= 15 is 0 Å². The Bertz CT molecular complexity index is 495. The van der Waals surface area contributed by atoms with Gasteiger partial charge in [-0.15, -0.1) is 0 Å². The summed E-state index contributed by atoms with van der Waals surface area (Å²) in [5, 5.41) is 2.75. The first-order chi connectivity index (χ1) is 8.48. The van der Waals surface area contributed by atoms with E-state index < -0.39 is 10.0 Å². The molecule has 0 aliphatic heterocycles. The van der Waals surface area contributed by atoms with E-state index in [0.717, 1.165) is 6.42 Å². The molecule has 2 N–H and O–H groups in total. The number of hydrogen-bond donors (Lipinski definition) is 2. The van der Waals surface area contributed by atoms with Crippen molar-refractivity contribution in [3.8, 4) is 0 Å². The summed E-state index contributed by atoms with van der Waals surface area (Å²) in [7, 11) is -3.27. The number of hydrogen-bond acceptors (Lipinski definition) is 3. The molecule has 1 aromatic rings. The summed E-state index contributed by atoms with van der Waals surface area (Å²) in [5.74, 6) is -0.132. The van der Waals surface area contributed by atoms with E-state index in [1.807, 2.05) is 6.92 Å². The predicted octanol–water partition coefficient (Wildman–Crippen LogP) is 1.59. The molecule has 100 valence electrons. The summed E-state index contributed by atoms with van der Waals surface area (Å²) >= 11 is 0. The van der Waals surface area contributed by atoms with Crippen LogP contribution < -0.4 is 10.0 Å². The molecule has 18 heavy (non-hydrogen) atoms. The van der Waals surface area contributed by atoms with Crippen LogP contribution >= 0.6 is 0 Å². The largest absolute Gasteiger partial charge is 0.352 e. The second-order valence-corrected chi connectivity index (χ2v) is 5.85. The fraction of sp³-hybridized carbons (Fsp3) is 0.417. The van der Waals surface area contributed by atoms with E-state index in [1.54, 1.807) is 31.2 Å². The normalized spacial score (nSPS) is 11.0. The molecule has 6 heteroatoms. The molecule has 1 aromatic carbocycles. The Morgan fingerprint density at radius 3 is 2.28 bits per heavy atom. The Kier molecular flexibility index (Phi) is 5.15. The third-order valence-corrected chi connectivity index (χ3v) is 3.64. The third kappa shape index (κ3) is 4.37. The van der Waals surface area contributed by atoms with Crippen LogP contribution in [0, 0.1) is 0 Å². The highest BCUT2D eigenvalue weighted by Gasteiger charge is 2.08. The Hall–Kier alpha value is -1.56. The van der Waals surface area contributed by atoms with Crippen molar-refractivity contribution in [3.05, 3.63) is 29.8 Å². The molecule has 5 nitrogen and oxygen atoms in total. The Morgan fingerprint density at radius 1 is 1.17 bits per heavy atom. The predicted molar refractivity (Wildman–Crippen MR) is 72.1 cm³/mol. The number of sulfonamides is 1. The molecule has 0 aliphatic carbocycles. The van der Waals surface area contributed by atoms with Crippen LogP contribution in [0.1, 0.15) is 30.6 Å². The SMILES string of the molecule is CCCNC(=O)c1ccc(NS(=O)(=O)CC)cc1. The quantitative estimate of drug-likeness (QED) is 0.824. The second-order valence-electron chi connectivity index (χ2n) is 3.84. The Balaban J connectivity index is 2.71. The van der Waals surface area contributed by atoms with Gasteiger partial charge in [0, 0.05) is 17.8 Å². The van der Waals surface area contributed by atoms with Crippen molar-refractivity contribution < 1.29 is 13.2 Å². The van der Waals surface area contributed by atoms with Gasteiger partial charge in [0.2, 0.25) is 10.0 Å². The van der Waals surface area contributed by atoms with E-state index in [9.17, 15) is 13.2 Å². The van der Waals surface area contributed by atoms with E-state index in [1.165, 1.54) is 0 Å². The van der Waals surface area contributed by atoms with Gasteiger partial charge >= 0.3 is 0 Å². The number of carbonyl (C=O) groups is 1. The maximum Gasteiger partial charge on any atom is 0.251 e. The lowest BCUT2D eigenvalue weighted by Gasteiger charge is -2.07. The van der Waals surface area contributed by atoms with Gasteiger partial charge in [-0.3, -0.25) is 9.52 Å². The van der Waals surface area contributed by atoms with Crippen molar-refractivity contribution >= 4 is 21.6 Å². The first-order valence-electron chi connectivity index (χ1n) is 5.87. The summed E-state index contributed by atoms with van der Waals surface area (Å²) in [6.45, 7) is 4.17. The van der Waals surface area contributed by atoms with Crippen molar-refractivity contribution in [2.75, 3.05) is 17.0 Å². The Morgan fingerprint density at radius 2 is 1.78 bits per heavy atom. The first-order valence-corrected chi connectivity index (χ1v) is 7.52. The van der Waals surface area contributed by atoms with Gasteiger partial charge in [0.05, 0.1) is 5.75 Å². The molecule has 0 saturated carbocycles. The highest BCUT2D eigenvalue weighted by molar-refractivity contribution is 7.92. The molecular weight excluding hydrogens is 252 g/mol. The van der Waals surface area contributed by atoms with Crippen LogP contribution in [-0.4, -0.2) is 26.6 Å². The standard InChI is InChI=1S/C12H18N2O3S/c1-3-9-13-12(15)10-5-7-11(8-6-10)14-18(16,17)4-2/h5-8,14H,3-4,9H2,1-2H3,(H,13,15). The van der Waals surface area contributed by atoms with Crippen LogP contribution in [-0.2, 0) is 10.0 Å². The molecular formula is C12H18N2O3S. The van der Waals surface area contributed by atoms with E-state index in [4.69, 9.17) is 0 Å². The van der Waals surface area contributed by atoms with Crippen LogP contribution in [0.3, 0.4) is 0 Å². The van der Waals surface area contributed by atoms with Crippen molar-refractivity contribution in [1.29, 1.82) is 0 Å². The average molecular weight is 270 g/mol. The van der Waals surface area contributed by atoms with E-state index in [0.29, 0.717) is 17.8 Å². The lowest BCUT2D eigenvalue weighted by molar-refractivity contribution is 0.0953. The zero-order valence-corrected chi connectivity index (χ0v) is 11.4. The lowest BCUT2D eigenvalue weighted by Crippen LogP contribution is -2.23. The highest BCUT2D eigenvalue weighted by Crippen LogP contribution is 2.11. The zero-order chi connectivity index (χ0) is 13.6. The molecule has 0 aliphatic rings. The molecule has 0 heterocycles. The number of carbonyl (C=O) groups excluding carboxylic acids is 1.